The number of rotatable bonds is 1. The molecule has 1 aromatic carbocycles. The lowest BCUT2D eigenvalue weighted by Crippen LogP contribution is -2.26. The van der Waals surface area contributed by atoms with Gasteiger partial charge in [0.05, 0.1) is 4.47 Å². The maximum atomic E-state index is 5.67. The van der Waals surface area contributed by atoms with E-state index in [1.807, 2.05) is 0 Å². The Balaban J connectivity index is 1.92. The summed E-state index contributed by atoms with van der Waals surface area (Å²) in [7, 11) is 0. The summed E-state index contributed by atoms with van der Waals surface area (Å²) in [5.41, 5.74) is 1.36. The Labute approximate surface area is 110 Å². The summed E-state index contributed by atoms with van der Waals surface area (Å²) in [4.78, 5) is 0. The van der Waals surface area contributed by atoms with Gasteiger partial charge in [-0.05, 0) is 65.5 Å². The molecule has 3 rings (SSSR count). The molecule has 1 aromatic rings. The monoisotopic (exact) mass is 297 g/mol. The quantitative estimate of drug-likeness (QED) is 0.864. The van der Waals surface area contributed by atoms with Crippen LogP contribution in [0.15, 0.2) is 16.6 Å². The summed E-state index contributed by atoms with van der Waals surface area (Å²) in [6, 6.07) is 4.33. The summed E-state index contributed by atoms with van der Waals surface area (Å²) in [5.74, 6) is 2.39. The molecule has 0 bridgehead atoms. The van der Waals surface area contributed by atoms with Crippen LogP contribution in [-0.4, -0.2) is 26.3 Å². The highest BCUT2D eigenvalue weighted by molar-refractivity contribution is 9.10. The number of nitrogens with one attached hydrogen (secondary N) is 1. The summed E-state index contributed by atoms with van der Waals surface area (Å²) in [6.07, 6.45) is 2.40. The number of ether oxygens (including phenoxy) is 2. The Hall–Kier alpha value is -0.740. The van der Waals surface area contributed by atoms with E-state index in [4.69, 9.17) is 9.47 Å². The van der Waals surface area contributed by atoms with E-state index in [0.717, 1.165) is 29.1 Å². The zero-order valence-electron chi connectivity index (χ0n) is 9.67. The maximum absolute atomic E-state index is 5.67. The number of hydrogen-bond acceptors (Lipinski definition) is 3. The topological polar surface area (TPSA) is 30.5 Å². The molecule has 4 heteroatoms. The highest BCUT2D eigenvalue weighted by Crippen LogP contribution is 2.41. The molecule has 0 saturated carbocycles. The first-order valence-electron chi connectivity index (χ1n) is 6.14. The summed E-state index contributed by atoms with van der Waals surface area (Å²) in [6.45, 7) is 3.50. The lowest BCUT2D eigenvalue weighted by atomic mass is 9.90. The minimum Gasteiger partial charge on any atom is -0.486 e. The number of fused-ring (bicyclic) bond motifs is 1. The highest BCUT2D eigenvalue weighted by Gasteiger charge is 2.21. The molecule has 17 heavy (non-hydrogen) atoms. The normalized spacial score (nSPS) is 20.3. The number of hydrogen-bond donors (Lipinski definition) is 1. The van der Waals surface area contributed by atoms with Crippen LogP contribution in [0, 0.1) is 0 Å². The van der Waals surface area contributed by atoms with Gasteiger partial charge in [0, 0.05) is 0 Å². The van der Waals surface area contributed by atoms with E-state index in [0.29, 0.717) is 19.1 Å². The Bertz CT molecular complexity index is 416. The fraction of sp³-hybridized carbons (Fsp3) is 0.538. The van der Waals surface area contributed by atoms with Gasteiger partial charge in [0.25, 0.3) is 0 Å². The fourth-order valence-corrected chi connectivity index (χ4v) is 3.10. The zero-order valence-corrected chi connectivity index (χ0v) is 11.3. The molecule has 2 aliphatic rings. The van der Waals surface area contributed by atoms with E-state index in [1.165, 1.54) is 18.4 Å². The van der Waals surface area contributed by atoms with Crippen molar-refractivity contribution in [3.8, 4) is 11.5 Å². The third-order valence-electron chi connectivity index (χ3n) is 3.43. The van der Waals surface area contributed by atoms with Crippen molar-refractivity contribution in [3.63, 3.8) is 0 Å². The number of benzene rings is 1. The minimum atomic E-state index is 0.637. The molecule has 0 radical (unpaired) electrons. The van der Waals surface area contributed by atoms with Gasteiger partial charge in [-0.25, -0.2) is 0 Å². The first-order chi connectivity index (χ1) is 8.34. The molecule has 1 fully saturated rings. The van der Waals surface area contributed by atoms with Crippen LogP contribution in [0.25, 0.3) is 0 Å². The van der Waals surface area contributed by atoms with E-state index in [9.17, 15) is 0 Å². The average Bonchev–Trinajstić information content (AvgIpc) is 2.40. The lowest BCUT2D eigenvalue weighted by Gasteiger charge is -2.26. The molecule has 0 spiro atoms. The van der Waals surface area contributed by atoms with Gasteiger partial charge in [-0.1, -0.05) is 0 Å². The van der Waals surface area contributed by atoms with Gasteiger partial charge >= 0.3 is 0 Å². The van der Waals surface area contributed by atoms with Crippen LogP contribution in [0.4, 0.5) is 0 Å². The van der Waals surface area contributed by atoms with Crippen molar-refractivity contribution in [2.75, 3.05) is 26.3 Å². The van der Waals surface area contributed by atoms with E-state index >= 15 is 0 Å². The van der Waals surface area contributed by atoms with Crippen molar-refractivity contribution in [1.82, 2.24) is 5.32 Å². The SMILES string of the molecule is Brc1cc(C2CCNCC2)cc2c1OCCO2. The number of piperidine rings is 1. The molecule has 0 aliphatic carbocycles. The van der Waals surface area contributed by atoms with Crippen LogP contribution in [-0.2, 0) is 0 Å². The average molecular weight is 298 g/mol. The lowest BCUT2D eigenvalue weighted by molar-refractivity contribution is 0.170. The van der Waals surface area contributed by atoms with Gasteiger partial charge in [0.1, 0.15) is 13.2 Å². The maximum Gasteiger partial charge on any atom is 0.175 e. The Kier molecular flexibility index (Phi) is 3.25. The smallest absolute Gasteiger partial charge is 0.175 e. The van der Waals surface area contributed by atoms with Crippen LogP contribution in [0.2, 0.25) is 0 Å². The van der Waals surface area contributed by atoms with E-state index in [1.54, 1.807) is 0 Å². The van der Waals surface area contributed by atoms with E-state index < -0.39 is 0 Å². The van der Waals surface area contributed by atoms with Crippen LogP contribution in [0.5, 0.6) is 11.5 Å². The Morgan fingerprint density at radius 2 is 1.88 bits per heavy atom. The molecule has 1 N–H and O–H groups in total. The summed E-state index contributed by atoms with van der Waals surface area (Å²) in [5, 5.41) is 3.39. The second-order valence-electron chi connectivity index (χ2n) is 4.55. The van der Waals surface area contributed by atoms with Crippen molar-refractivity contribution in [1.29, 1.82) is 0 Å². The third kappa shape index (κ3) is 2.29. The largest absolute Gasteiger partial charge is 0.486 e. The van der Waals surface area contributed by atoms with Gasteiger partial charge in [-0.2, -0.15) is 0 Å². The van der Waals surface area contributed by atoms with Gasteiger partial charge < -0.3 is 14.8 Å². The standard InChI is InChI=1S/C13H16BrNO2/c14-11-7-10(9-1-3-15-4-2-9)8-12-13(11)17-6-5-16-12/h7-9,15H,1-6H2. The molecule has 3 nitrogen and oxygen atoms in total. The van der Waals surface area contributed by atoms with Gasteiger partial charge in [-0.3, -0.25) is 0 Å². The predicted molar refractivity (Wildman–Crippen MR) is 70.0 cm³/mol. The summed E-state index contributed by atoms with van der Waals surface area (Å²) < 4.78 is 12.3. The fourth-order valence-electron chi connectivity index (χ4n) is 2.52. The second kappa shape index (κ2) is 4.86. The van der Waals surface area contributed by atoms with Crippen LogP contribution in [0.3, 0.4) is 0 Å². The molecule has 1 saturated heterocycles. The van der Waals surface area contributed by atoms with Crippen LogP contribution < -0.4 is 14.8 Å². The van der Waals surface area contributed by atoms with E-state index in [2.05, 4.69) is 33.4 Å². The molecular formula is C13H16BrNO2. The minimum absolute atomic E-state index is 0.637. The first kappa shape index (κ1) is 11.4. The second-order valence-corrected chi connectivity index (χ2v) is 5.41. The molecule has 0 aromatic heterocycles. The van der Waals surface area contributed by atoms with E-state index in [-0.39, 0.29) is 0 Å². The van der Waals surface area contributed by atoms with Crippen molar-refractivity contribution in [2.24, 2.45) is 0 Å². The van der Waals surface area contributed by atoms with Crippen LogP contribution in [0.1, 0.15) is 24.3 Å². The van der Waals surface area contributed by atoms with Crippen molar-refractivity contribution in [3.05, 3.63) is 22.2 Å². The predicted octanol–water partition coefficient (Wildman–Crippen LogP) is 2.69. The zero-order chi connectivity index (χ0) is 11.7. The molecule has 2 aliphatic heterocycles. The van der Waals surface area contributed by atoms with Crippen molar-refractivity contribution >= 4 is 15.9 Å². The number of halogens is 1. The summed E-state index contributed by atoms with van der Waals surface area (Å²) >= 11 is 3.58. The van der Waals surface area contributed by atoms with Gasteiger partial charge in [0.15, 0.2) is 11.5 Å². The van der Waals surface area contributed by atoms with Crippen molar-refractivity contribution < 1.29 is 9.47 Å². The van der Waals surface area contributed by atoms with Crippen molar-refractivity contribution in [2.45, 2.75) is 18.8 Å². The Morgan fingerprint density at radius 1 is 1.12 bits per heavy atom. The van der Waals surface area contributed by atoms with Gasteiger partial charge in [-0.15, -0.1) is 0 Å². The molecule has 2 heterocycles. The molecule has 0 amide bonds. The van der Waals surface area contributed by atoms with Crippen LogP contribution >= 0.6 is 15.9 Å². The molecule has 0 atom stereocenters. The highest BCUT2D eigenvalue weighted by atomic mass is 79.9. The molecule has 0 unspecified atom stereocenters. The van der Waals surface area contributed by atoms with Gasteiger partial charge in [0.2, 0.25) is 0 Å². The molecular weight excluding hydrogens is 282 g/mol. The third-order valence-corrected chi connectivity index (χ3v) is 4.02. The first-order valence-corrected chi connectivity index (χ1v) is 6.93. The Morgan fingerprint density at radius 3 is 2.71 bits per heavy atom. The molecule has 92 valence electrons.